The number of piperidine rings is 1. The van der Waals surface area contributed by atoms with Crippen LogP contribution in [0.5, 0.6) is 5.75 Å². The Morgan fingerprint density at radius 2 is 1.88 bits per heavy atom. The highest BCUT2D eigenvalue weighted by Gasteiger charge is 2.31. The monoisotopic (exact) mass is 363 g/mol. The predicted molar refractivity (Wildman–Crippen MR) is 101 cm³/mol. The second-order valence-corrected chi connectivity index (χ2v) is 8.51. The van der Waals surface area contributed by atoms with Gasteiger partial charge in [0.1, 0.15) is 18.5 Å². The molecule has 0 saturated carbocycles. The van der Waals surface area contributed by atoms with Gasteiger partial charge in [0.15, 0.2) is 6.29 Å². The average Bonchev–Trinajstić information content (AvgIpc) is 3.14. The number of hydrogen-bond acceptors (Lipinski definition) is 5. The van der Waals surface area contributed by atoms with Gasteiger partial charge < -0.3 is 24.2 Å². The maximum absolute atomic E-state index is 10.4. The zero-order valence-electron chi connectivity index (χ0n) is 16.3. The van der Waals surface area contributed by atoms with E-state index < -0.39 is 6.10 Å². The summed E-state index contributed by atoms with van der Waals surface area (Å²) in [6.45, 7) is 10.9. The van der Waals surface area contributed by atoms with Gasteiger partial charge in [0, 0.05) is 19.0 Å². The van der Waals surface area contributed by atoms with Gasteiger partial charge in [0.2, 0.25) is 0 Å². The molecular weight excluding hydrogens is 330 g/mol. The van der Waals surface area contributed by atoms with Crippen molar-refractivity contribution >= 4 is 0 Å². The number of rotatable bonds is 6. The molecule has 0 amide bonds. The Morgan fingerprint density at radius 1 is 1.19 bits per heavy atom. The first-order chi connectivity index (χ1) is 12.4. The molecule has 1 aromatic rings. The molecule has 1 N–H and O–H groups in total. The molecule has 2 unspecified atom stereocenters. The zero-order chi connectivity index (χ0) is 18.6. The van der Waals surface area contributed by atoms with Gasteiger partial charge in [-0.25, -0.2) is 0 Å². The Kier molecular flexibility index (Phi) is 6.56. The molecule has 0 spiro atoms. The summed E-state index contributed by atoms with van der Waals surface area (Å²) >= 11 is 0. The van der Waals surface area contributed by atoms with Gasteiger partial charge in [0.25, 0.3) is 0 Å². The van der Waals surface area contributed by atoms with Crippen LogP contribution in [0.3, 0.4) is 0 Å². The van der Waals surface area contributed by atoms with Crippen molar-refractivity contribution < 1.29 is 19.3 Å². The average molecular weight is 363 g/mol. The number of nitrogens with zero attached hydrogens (tertiary/aromatic N) is 1. The fourth-order valence-corrected chi connectivity index (χ4v) is 3.72. The van der Waals surface area contributed by atoms with Crippen molar-refractivity contribution in [2.24, 2.45) is 5.92 Å². The fraction of sp³-hybridized carbons (Fsp3) is 0.714. The maximum atomic E-state index is 10.4. The van der Waals surface area contributed by atoms with E-state index >= 15 is 0 Å². The lowest BCUT2D eigenvalue weighted by Gasteiger charge is -2.35. The van der Waals surface area contributed by atoms with Crippen molar-refractivity contribution in [3.63, 3.8) is 0 Å². The number of hydrogen-bond donors (Lipinski definition) is 1. The molecule has 0 bridgehead atoms. The molecule has 2 heterocycles. The second kappa shape index (κ2) is 8.70. The van der Waals surface area contributed by atoms with E-state index in [1.807, 2.05) is 12.1 Å². The van der Waals surface area contributed by atoms with Gasteiger partial charge in [-0.1, -0.05) is 32.9 Å². The van der Waals surface area contributed by atoms with Crippen molar-refractivity contribution in [2.45, 2.75) is 51.4 Å². The Labute approximate surface area is 157 Å². The smallest absolute Gasteiger partial charge is 0.161 e. The van der Waals surface area contributed by atoms with Crippen LogP contribution in [0.4, 0.5) is 0 Å². The van der Waals surface area contributed by atoms with E-state index in [9.17, 15) is 5.11 Å². The van der Waals surface area contributed by atoms with E-state index in [0.29, 0.717) is 32.3 Å². The summed E-state index contributed by atoms with van der Waals surface area (Å²) in [5.74, 6) is 1.21. The molecule has 2 atom stereocenters. The number of aliphatic hydroxyl groups excluding tert-OH is 1. The Hall–Kier alpha value is -1.14. The molecule has 5 heteroatoms. The van der Waals surface area contributed by atoms with Crippen LogP contribution in [0.2, 0.25) is 0 Å². The summed E-state index contributed by atoms with van der Waals surface area (Å²) in [7, 11) is 0. The fourth-order valence-electron chi connectivity index (χ4n) is 3.72. The summed E-state index contributed by atoms with van der Waals surface area (Å²) in [5.41, 5.74) is 1.41. The van der Waals surface area contributed by atoms with Crippen molar-refractivity contribution in [3.8, 4) is 5.75 Å². The molecule has 0 radical (unpaired) electrons. The van der Waals surface area contributed by atoms with Gasteiger partial charge in [-0.2, -0.15) is 0 Å². The van der Waals surface area contributed by atoms with Crippen molar-refractivity contribution in [2.75, 3.05) is 39.5 Å². The summed E-state index contributed by atoms with van der Waals surface area (Å²) in [6.07, 6.45) is 1.69. The van der Waals surface area contributed by atoms with Crippen LogP contribution >= 0.6 is 0 Å². The molecule has 5 nitrogen and oxygen atoms in total. The number of β-amino-alcohol motifs (C(OH)–C–C–N with tert-alkyl or cyclic N) is 1. The quantitative estimate of drug-likeness (QED) is 0.842. The first kappa shape index (κ1) is 19.6. The van der Waals surface area contributed by atoms with Crippen LogP contribution in [0.1, 0.15) is 39.2 Å². The molecule has 0 aliphatic carbocycles. The summed E-state index contributed by atoms with van der Waals surface area (Å²) in [6, 6.07) is 8.16. The third kappa shape index (κ3) is 5.43. The molecule has 0 aromatic heterocycles. The van der Waals surface area contributed by atoms with E-state index in [4.69, 9.17) is 14.2 Å². The number of benzene rings is 1. The lowest BCUT2D eigenvalue weighted by Crippen LogP contribution is -2.44. The van der Waals surface area contributed by atoms with Gasteiger partial charge in [0.05, 0.1) is 13.2 Å². The largest absolute Gasteiger partial charge is 0.491 e. The highest BCUT2D eigenvalue weighted by Crippen LogP contribution is 2.26. The van der Waals surface area contributed by atoms with Gasteiger partial charge in [-0.3, -0.25) is 0 Å². The molecule has 26 heavy (non-hydrogen) atoms. The van der Waals surface area contributed by atoms with Crippen molar-refractivity contribution in [1.82, 2.24) is 4.90 Å². The summed E-state index contributed by atoms with van der Waals surface area (Å²) in [5, 5.41) is 10.4. The van der Waals surface area contributed by atoms with Crippen LogP contribution in [-0.2, 0) is 14.9 Å². The van der Waals surface area contributed by atoms with Gasteiger partial charge in [-0.05, 0) is 42.5 Å². The summed E-state index contributed by atoms with van der Waals surface area (Å²) in [4.78, 5) is 2.30. The zero-order valence-corrected chi connectivity index (χ0v) is 16.3. The van der Waals surface area contributed by atoms with Crippen LogP contribution in [0.25, 0.3) is 0 Å². The van der Waals surface area contributed by atoms with Gasteiger partial charge >= 0.3 is 0 Å². The Balaban J connectivity index is 1.42. The Bertz CT molecular complexity index is 548. The minimum atomic E-state index is -0.499. The van der Waals surface area contributed by atoms with E-state index in [2.05, 4.69) is 37.8 Å². The molecule has 2 aliphatic heterocycles. The lowest BCUT2D eigenvalue weighted by atomic mass is 9.87. The minimum Gasteiger partial charge on any atom is -0.491 e. The number of likely N-dealkylation sites (tertiary alicyclic amines) is 1. The molecule has 2 fully saturated rings. The van der Waals surface area contributed by atoms with Crippen LogP contribution in [0, 0.1) is 5.92 Å². The number of aliphatic hydroxyl groups is 1. The third-order valence-electron chi connectivity index (χ3n) is 5.21. The SMILES string of the molecule is CC(C)(C)c1ccc(OCC(O)CN2CCCC(C3OCCO3)C2)cc1. The summed E-state index contributed by atoms with van der Waals surface area (Å²) < 4.78 is 17.1. The molecule has 146 valence electrons. The highest BCUT2D eigenvalue weighted by atomic mass is 16.7. The topological polar surface area (TPSA) is 51.2 Å². The molecular formula is C21H33NO4. The normalized spacial score (nSPS) is 23.9. The van der Waals surface area contributed by atoms with Crippen molar-refractivity contribution in [1.29, 1.82) is 0 Å². The molecule has 1 aromatic carbocycles. The van der Waals surface area contributed by atoms with Crippen LogP contribution < -0.4 is 4.74 Å². The van der Waals surface area contributed by atoms with Crippen LogP contribution in [0.15, 0.2) is 24.3 Å². The lowest BCUT2D eigenvalue weighted by molar-refractivity contribution is -0.103. The predicted octanol–water partition coefficient (Wildman–Crippen LogP) is 2.81. The Morgan fingerprint density at radius 3 is 2.54 bits per heavy atom. The van der Waals surface area contributed by atoms with E-state index in [1.165, 1.54) is 5.56 Å². The minimum absolute atomic E-state index is 0.0625. The standard InChI is InChI=1S/C21H33NO4/c1-21(2,3)17-6-8-19(9-7-17)26-15-18(23)14-22-10-4-5-16(13-22)20-24-11-12-25-20/h6-9,16,18,20,23H,4-5,10-15H2,1-3H3. The van der Waals surface area contributed by atoms with E-state index in [-0.39, 0.29) is 11.7 Å². The second-order valence-electron chi connectivity index (χ2n) is 8.51. The third-order valence-corrected chi connectivity index (χ3v) is 5.21. The van der Waals surface area contributed by atoms with E-state index in [1.54, 1.807) is 0 Å². The van der Waals surface area contributed by atoms with Crippen LogP contribution in [-0.4, -0.2) is 61.9 Å². The first-order valence-electron chi connectivity index (χ1n) is 9.79. The molecule has 2 aliphatic rings. The van der Waals surface area contributed by atoms with E-state index in [0.717, 1.165) is 31.7 Å². The molecule has 2 saturated heterocycles. The molecule has 3 rings (SSSR count). The van der Waals surface area contributed by atoms with Crippen molar-refractivity contribution in [3.05, 3.63) is 29.8 Å². The highest BCUT2D eigenvalue weighted by molar-refractivity contribution is 5.31. The van der Waals surface area contributed by atoms with Gasteiger partial charge in [-0.15, -0.1) is 0 Å². The number of ether oxygens (including phenoxy) is 3. The maximum Gasteiger partial charge on any atom is 0.161 e. The first-order valence-corrected chi connectivity index (χ1v) is 9.79.